The molecule has 154 valence electrons. The van der Waals surface area contributed by atoms with E-state index in [9.17, 15) is 0 Å². The Morgan fingerprint density at radius 2 is 0.692 bits per heavy atom. The van der Waals surface area contributed by atoms with Gasteiger partial charge in [0.05, 0.1) is 54.4 Å². The minimum atomic E-state index is 1.09. The normalized spacial score (nSPS) is 12.3. The van der Waals surface area contributed by atoms with Gasteiger partial charge < -0.3 is 8.97 Å². The molecule has 0 N–H and O–H groups in total. The number of rotatable bonds is 19. The third-order valence-electron chi connectivity index (χ3n) is 5.52. The highest BCUT2D eigenvalue weighted by Gasteiger charge is 2.11. The van der Waals surface area contributed by atoms with Crippen molar-refractivity contribution in [2.24, 2.45) is 0 Å². The van der Waals surface area contributed by atoms with Crippen molar-refractivity contribution in [2.45, 2.75) is 77.0 Å². The van der Waals surface area contributed by atoms with E-state index in [2.05, 4.69) is 41.3 Å². The molecule has 0 saturated heterocycles. The molecule has 0 fully saturated rings. The third-order valence-corrected chi connectivity index (χ3v) is 5.52. The van der Waals surface area contributed by atoms with Crippen molar-refractivity contribution >= 4 is 0 Å². The van der Waals surface area contributed by atoms with Gasteiger partial charge in [0, 0.05) is 0 Å². The number of quaternary nitrogens is 2. The summed E-state index contributed by atoms with van der Waals surface area (Å²) in [6.07, 6.45) is 21.1. The predicted octanol–water partition coefficient (Wildman–Crippen LogP) is 6.19. The van der Waals surface area contributed by atoms with Crippen molar-refractivity contribution in [2.75, 3.05) is 54.4 Å². The van der Waals surface area contributed by atoms with Crippen molar-refractivity contribution in [1.29, 1.82) is 0 Å². The van der Waals surface area contributed by atoms with Gasteiger partial charge in [-0.05, 0) is 37.8 Å². The van der Waals surface area contributed by atoms with E-state index >= 15 is 0 Å². The van der Waals surface area contributed by atoms with Gasteiger partial charge in [-0.25, -0.2) is 0 Å². The summed E-state index contributed by atoms with van der Waals surface area (Å²) in [4.78, 5) is 0. The highest BCUT2D eigenvalue weighted by atomic mass is 15.3. The monoisotopic (exact) mass is 366 g/mol. The molecule has 0 aromatic rings. The molecule has 0 rings (SSSR count). The van der Waals surface area contributed by atoms with Crippen LogP contribution in [0.4, 0.5) is 0 Å². The molecule has 0 unspecified atom stereocenters. The third kappa shape index (κ3) is 16.8. The molecule has 26 heavy (non-hydrogen) atoms. The number of nitrogens with zero attached hydrogens (tertiary/aromatic N) is 2. The maximum absolute atomic E-state index is 3.86. The fraction of sp³-hybridized carbons (Fsp3) is 0.833. The summed E-state index contributed by atoms with van der Waals surface area (Å²) in [5.74, 6) is 0. The summed E-state index contributed by atoms with van der Waals surface area (Å²) >= 11 is 0. The van der Waals surface area contributed by atoms with Crippen LogP contribution in [0.2, 0.25) is 0 Å². The highest BCUT2D eigenvalue weighted by Crippen LogP contribution is 2.13. The Balaban J connectivity index is 3.27. The molecule has 0 aliphatic rings. The Bertz CT molecular complexity index is 310. The summed E-state index contributed by atoms with van der Waals surface area (Å²) in [5.41, 5.74) is 0. The summed E-state index contributed by atoms with van der Waals surface area (Å²) in [5, 5.41) is 0. The largest absolute Gasteiger partial charge is 0.325 e. The van der Waals surface area contributed by atoms with E-state index in [4.69, 9.17) is 0 Å². The van der Waals surface area contributed by atoms with E-state index in [1.165, 1.54) is 90.1 Å². The number of hydrogen-bond acceptors (Lipinski definition) is 0. The zero-order valence-corrected chi connectivity index (χ0v) is 18.8. The maximum atomic E-state index is 3.86. The molecule has 0 heterocycles. The van der Waals surface area contributed by atoms with Gasteiger partial charge in [0.15, 0.2) is 0 Å². The van der Waals surface area contributed by atoms with Crippen LogP contribution in [-0.4, -0.2) is 63.3 Å². The number of hydrogen-bond donors (Lipinski definition) is 0. The first-order valence-electron chi connectivity index (χ1n) is 11.2. The average molecular weight is 367 g/mol. The molecule has 0 aliphatic heterocycles. The van der Waals surface area contributed by atoms with Crippen molar-refractivity contribution < 1.29 is 8.97 Å². The fourth-order valence-electron chi connectivity index (χ4n) is 3.73. The van der Waals surface area contributed by atoms with Crippen molar-refractivity contribution in [3.8, 4) is 0 Å². The van der Waals surface area contributed by atoms with Crippen LogP contribution in [-0.2, 0) is 0 Å². The molecule has 0 radical (unpaired) electrons. The summed E-state index contributed by atoms with van der Waals surface area (Å²) < 4.78 is 2.18. The topological polar surface area (TPSA) is 0 Å². The van der Waals surface area contributed by atoms with E-state index in [1.807, 2.05) is 12.2 Å². The summed E-state index contributed by atoms with van der Waals surface area (Å²) in [6.45, 7) is 12.5. The molecule has 0 aromatic heterocycles. The second-order valence-electron chi connectivity index (χ2n) is 9.50. The first kappa shape index (κ1) is 25.4. The second kappa shape index (κ2) is 15.5. The Morgan fingerprint density at radius 3 is 0.923 bits per heavy atom. The van der Waals surface area contributed by atoms with Crippen LogP contribution in [0.25, 0.3) is 0 Å². The van der Waals surface area contributed by atoms with Crippen LogP contribution in [0.1, 0.15) is 77.0 Å². The summed E-state index contributed by atoms with van der Waals surface area (Å²) in [6, 6.07) is 0. The van der Waals surface area contributed by atoms with E-state index < -0.39 is 0 Å². The molecule has 0 aromatic carbocycles. The van der Waals surface area contributed by atoms with E-state index in [0.29, 0.717) is 0 Å². The average Bonchev–Trinajstić information content (AvgIpc) is 2.55. The van der Waals surface area contributed by atoms with Crippen LogP contribution in [0, 0.1) is 0 Å². The van der Waals surface area contributed by atoms with Gasteiger partial charge in [-0.1, -0.05) is 64.5 Å². The Kier molecular flexibility index (Phi) is 15.1. The fourth-order valence-corrected chi connectivity index (χ4v) is 3.73. The van der Waals surface area contributed by atoms with Crippen molar-refractivity contribution in [3.63, 3.8) is 0 Å². The SMILES string of the molecule is C=CC[N+](C)(C)CCCCCCCCCCCCCC[N+](C)(C)CC=C. The molecule has 0 bridgehead atoms. The van der Waals surface area contributed by atoms with E-state index in [-0.39, 0.29) is 0 Å². The Labute approximate surface area is 166 Å². The van der Waals surface area contributed by atoms with E-state index in [0.717, 1.165) is 22.1 Å². The lowest BCUT2D eigenvalue weighted by Crippen LogP contribution is -2.40. The molecule has 2 nitrogen and oxygen atoms in total. The van der Waals surface area contributed by atoms with Crippen LogP contribution < -0.4 is 0 Å². The lowest BCUT2D eigenvalue weighted by Gasteiger charge is -2.28. The molecule has 0 atom stereocenters. The predicted molar refractivity (Wildman–Crippen MR) is 119 cm³/mol. The minimum absolute atomic E-state index is 1.09. The van der Waals surface area contributed by atoms with Gasteiger partial charge in [-0.2, -0.15) is 0 Å². The molecule has 2 heteroatoms. The second-order valence-corrected chi connectivity index (χ2v) is 9.50. The quantitative estimate of drug-likeness (QED) is 0.145. The minimum Gasteiger partial charge on any atom is -0.325 e. The first-order valence-corrected chi connectivity index (χ1v) is 11.2. The summed E-state index contributed by atoms with van der Waals surface area (Å²) in [7, 11) is 9.23. The molecular formula is C24H50N2+2. The van der Waals surface area contributed by atoms with E-state index in [1.54, 1.807) is 0 Å². The number of likely N-dealkylation sites (N-methyl/N-ethyl adjacent to an activating group) is 2. The van der Waals surface area contributed by atoms with Crippen LogP contribution in [0.15, 0.2) is 25.3 Å². The van der Waals surface area contributed by atoms with Crippen molar-refractivity contribution in [3.05, 3.63) is 25.3 Å². The van der Waals surface area contributed by atoms with Gasteiger partial charge in [-0.15, -0.1) is 0 Å². The lowest BCUT2D eigenvalue weighted by atomic mass is 10.0. The molecule has 0 aliphatic carbocycles. The molecule has 0 saturated carbocycles. The van der Waals surface area contributed by atoms with Gasteiger partial charge >= 0.3 is 0 Å². The lowest BCUT2D eigenvalue weighted by molar-refractivity contribution is -0.884. The smallest absolute Gasteiger partial charge is 0.0966 e. The van der Waals surface area contributed by atoms with Gasteiger partial charge in [0.25, 0.3) is 0 Å². The zero-order chi connectivity index (χ0) is 19.7. The zero-order valence-electron chi connectivity index (χ0n) is 18.8. The maximum Gasteiger partial charge on any atom is 0.0966 e. The van der Waals surface area contributed by atoms with Crippen LogP contribution >= 0.6 is 0 Å². The van der Waals surface area contributed by atoms with Crippen LogP contribution in [0.5, 0.6) is 0 Å². The first-order chi connectivity index (χ1) is 12.3. The molecule has 0 spiro atoms. The Hall–Kier alpha value is -0.600. The van der Waals surface area contributed by atoms with Crippen molar-refractivity contribution in [1.82, 2.24) is 0 Å². The van der Waals surface area contributed by atoms with Gasteiger partial charge in [0.1, 0.15) is 0 Å². The standard InChI is InChI=1S/C24H50N2/c1-7-21-25(3,4)23-19-17-15-13-11-9-10-12-14-16-18-20-24-26(5,6)22-8-2/h7-8H,1-2,9-24H2,3-6H3/q+2. The van der Waals surface area contributed by atoms with Gasteiger partial charge in [0.2, 0.25) is 0 Å². The van der Waals surface area contributed by atoms with Crippen LogP contribution in [0.3, 0.4) is 0 Å². The highest BCUT2D eigenvalue weighted by molar-refractivity contribution is 4.65. The molecule has 0 amide bonds. The van der Waals surface area contributed by atoms with Gasteiger partial charge in [-0.3, -0.25) is 0 Å². The Morgan fingerprint density at radius 1 is 0.462 bits per heavy atom. The number of unbranched alkanes of at least 4 members (excludes halogenated alkanes) is 11. The molecular weight excluding hydrogens is 316 g/mol.